The van der Waals surface area contributed by atoms with Crippen LogP contribution >= 0.6 is 15.9 Å². The minimum Gasteiger partial charge on any atom is -0.496 e. The number of anilines is 1. The van der Waals surface area contributed by atoms with Crippen LogP contribution in [0.25, 0.3) is 0 Å². The van der Waals surface area contributed by atoms with Crippen molar-refractivity contribution in [2.45, 2.75) is 38.1 Å². The molecule has 1 fully saturated rings. The summed E-state index contributed by atoms with van der Waals surface area (Å²) in [6.45, 7) is 3.03. The first kappa shape index (κ1) is 15.3. The number of carbonyl (C=O) groups excluding carboxylic acids is 1. The second kappa shape index (κ2) is 6.59. The highest BCUT2D eigenvalue weighted by atomic mass is 79.9. The van der Waals surface area contributed by atoms with Crippen molar-refractivity contribution in [2.24, 2.45) is 0 Å². The summed E-state index contributed by atoms with van der Waals surface area (Å²) in [5.41, 5.74) is 0.382. The van der Waals surface area contributed by atoms with Gasteiger partial charge in [0, 0.05) is 5.69 Å². The highest BCUT2D eigenvalue weighted by Crippen LogP contribution is 2.30. The highest BCUT2D eigenvalue weighted by molar-refractivity contribution is 9.10. The van der Waals surface area contributed by atoms with Gasteiger partial charge in [-0.05, 0) is 59.9 Å². The van der Waals surface area contributed by atoms with Gasteiger partial charge in [-0.2, -0.15) is 0 Å². The molecule has 1 unspecified atom stereocenters. The summed E-state index contributed by atoms with van der Waals surface area (Å²) in [6.07, 6.45) is 3.83. The number of methoxy groups -OCH3 is 1. The van der Waals surface area contributed by atoms with Crippen molar-refractivity contribution in [1.82, 2.24) is 5.32 Å². The summed E-state index contributed by atoms with van der Waals surface area (Å²) >= 11 is 3.43. The molecule has 0 aromatic heterocycles. The molecule has 1 aliphatic rings. The van der Waals surface area contributed by atoms with E-state index < -0.39 is 5.54 Å². The molecule has 20 heavy (non-hydrogen) atoms. The quantitative estimate of drug-likeness (QED) is 0.864. The molecular formula is C15H21BrN2O2. The predicted octanol–water partition coefficient (Wildman–Crippen LogP) is 3.32. The summed E-state index contributed by atoms with van der Waals surface area (Å²) in [5.74, 6) is 0.819. The monoisotopic (exact) mass is 340 g/mol. The van der Waals surface area contributed by atoms with Gasteiger partial charge in [-0.1, -0.05) is 13.3 Å². The van der Waals surface area contributed by atoms with Gasteiger partial charge in [0.1, 0.15) is 5.75 Å². The molecule has 2 N–H and O–H groups in total. The standard InChI is InChI=1S/C15H21BrN2O2/c1-3-7-15(8-4-9-17-15)14(19)18-11-5-6-13(20-2)12(16)10-11/h5-6,10,17H,3-4,7-9H2,1-2H3,(H,18,19). The van der Waals surface area contributed by atoms with Crippen LogP contribution in [-0.4, -0.2) is 25.1 Å². The van der Waals surface area contributed by atoms with Crippen LogP contribution < -0.4 is 15.4 Å². The van der Waals surface area contributed by atoms with Gasteiger partial charge in [0.15, 0.2) is 0 Å². The van der Waals surface area contributed by atoms with Crippen LogP contribution in [0.4, 0.5) is 5.69 Å². The third-order valence-electron chi connectivity index (χ3n) is 3.76. The average molecular weight is 341 g/mol. The Hall–Kier alpha value is -1.07. The number of hydrogen-bond acceptors (Lipinski definition) is 3. The zero-order valence-electron chi connectivity index (χ0n) is 12.0. The number of ether oxygens (including phenoxy) is 1. The van der Waals surface area contributed by atoms with E-state index in [2.05, 4.69) is 33.5 Å². The van der Waals surface area contributed by atoms with Crippen molar-refractivity contribution in [3.63, 3.8) is 0 Å². The molecule has 4 nitrogen and oxygen atoms in total. The number of carbonyl (C=O) groups is 1. The fourth-order valence-electron chi connectivity index (χ4n) is 2.75. The summed E-state index contributed by atoms with van der Waals surface area (Å²) in [6, 6.07) is 5.57. The van der Waals surface area contributed by atoms with Crippen molar-refractivity contribution in [1.29, 1.82) is 0 Å². The van der Waals surface area contributed by atoms with E-state index in [1.807, 2.05) is 18.2 Å². The average Bonchev–Trinajstić information content (AvgIpc) is 2.89. The minimum absolute atomic E-state index is 0.0638. The van der Waals surface area contributed by atoms with Crippen LogP contribution in [0.5, 0.6) is 5.75 Å². The van der Waals surface area contributed by atoms with Gasteiger partial charge in [0.05, 0.1) is 17.1 Å². The Kier molecular flexibility index (Phi) is 5.05. The zero-order chi connectivity index (χ0) is 14.6. The first-order valence-electron chi connectivity index (χ1n) is 7.01. The van der Waals surface area contributed by atoms with Crippen LogP contribution in [0.15, 0.2) is 22.7 Å². The molecule has 110 valence electrons. The lowest BCUT2D eigenvalue weighted by Gasteiger charge is -2.28. The molecule has 5 heteroatoms. The second-order valence-corrected chi connectivity index (χ2v) is 6.02. The summed E-state index contributed by atoms with van der Waals surface area (Å²) in [5, 5.41) is 6.39. The van der Waals surface area contributed by atoms with Crippen LogP contribution in [-0.2, 0) is 4.79 Å². The molecule has 1 atom stereocenters. The predicted molar refractivity (Wildman–Crippen MR) is 84.2 cm³/mol. The number of halogens is 1. The van der Waals surface area contributed by atoms with Crippen molar-refractivity contribution < 1.29 is 9.53 Å². The summed E-state index contributed by atoms with van der Waals surface area (Å²) in [4.78, 5) is 12.6. The molecule has 1 amide bonds. The van der Waals surface area contributed by atoms with E-state index in [0.29, 0.717) is 0 Å². The van der Waals surface area contributed by atoms with Crippen LogP contribution in [0.1, 0.15) is 32.6 Å². The number of benzene rings is 1. The minimum atomic E-state index is -0.402. The number of hydrogen-bond donors (Lipinski definition) is 2. The molecule has 2 rings (SSSR count). The summed E-state index contributed by atoms with van der Waals surface area (Å²) in [7, 11) is 1.62. The topological polar surface area (TPSA) is 50.4 Å². The summed E-state index contributed by atoms with van der Waals surface area (Å²) < 4.78 is 6.03. The fourth-order valence-corrected chi connectivity index (χ4v) is 3.29. The maximum Gasteiger partial charge on any atom is 0.244 e. The van der Waals surface area contributed by atoms with Gasteiger partial charge in [-0.3, -0.25) is 4.79 Å². The molecule has 0 spiro atoms. The van der Waals surface area contributed by atoms with Gasteiger partial charge in [0.2, 0.25) is 5.91 Å². The van der Waals surface area contributed by atoms with Gasteiger partial charge in [-0.25, -0.2) is 0 Å². The third kappa shape index (κ3) is 3.15. The van der Waals surface area contributed by atoms with Crippen LogP contribution in [0, 0.1) is 0 Å². The Morgan fingerprint density at radius 3 is 2.90 bits per heavy atom. The zero-order valence-corrected chi connectivity index (χ0v) is 13.5. The van der Waals surface area contributed by atoms with Crippen LogP contribution in [0.3, 0.4) is 0 Å². The van der Waals surface area contributed by atoms with E-state index in [4.69, 9.17) is 4.74 Å². The number of nitrogens with one attached hydrogen (secondary N) is 2. The largest absolute Gasteiger partial charge is 0.496 e. The van der Waals surface area contributed by atoms with Crippen molar-refractivity contribution in [2.75, 3.05) is 19.0 Å². The fraction of sp³-hybridized carbons (Fsp3) is 0.533. The second-order valence-electron chi connectivity index (χ2n) is 5.17. The first-order chi connectivity index (χ1) is 9.61. The maximum absolute atomic E-state index is 12.6. The molecule has 1 saturated heterocycles. The Morgan fingerprint density at radius 1 is 1.55 bits per heavy atom. The van der Waals surface area contributed by atoms with E-state index in [9.17, 15) is 4.79 Å². The maximum atomic E-state index is 12.6. The molecule has 0 bridgehead atoms. The molecule has 1 aromatic carbocycles. The lowest BCUT2D eigenvalue weighted by atomic mass is 9.91. The molecule has 1 aliphatic heterocycles. The van der Waals surface area contributed by atoms with Crippen LogP contribution in [0.2, 0.25) is 0 Å². The lowest BCUT2D eigenvalue weighted by Crippen LogP contribution is -2.50. The van der Waals surface area contributed by atoms with Gasteiger partial charge in [-0.15, -0.1) is 0 Å². The third-order valence-corrected chi connectivity index (χ3v) is 4.38. The Bertz CT molecular complexity index is 485. The molecule has 1 heterocycles. The normalized spacial score (nSPS) is 21.8. The van der Waals surface area contributed by atoms with Crippen molar-refractivity contribution in [3.05, 3.63) is 22.7 Å². The molecule has 0 aliphatic carbocycles. The highest BCUT2D eigenvalue weighted by Gasteiger charge is 2.39. The number of amides is 1. The van der Waals surface area contributed by atoms with Gasteiger partial charge < -0.3 is 15.4 Å². The smallest absolute Gasteiger partial charge is 0.244 e. The first-order valence-corrected chi connectivity index (χ1v) is 7.80. The number of rotatable bonds is 5. The SMILES string of the molecule is CCCC1(C(=O)Nc2ccc(OC)c(Br)c2)CCCN1. The Morgan fingerprint density at radius 2 is 2.35 bits per heavy atom. The molecular weight excluding hydrogens is 320 g/mol. The van der Waals surface area contributed by atoms with E-state index in [-0.39, 0.29) is 5.91 Å². The Labute approximate surface area is 128 Å². The Balaban J connectivity index is 2.12. The van der Waals surface area contributed by atoms with Crippen molar-refractivity contribution in [3.8, 4) is 5.75 Å². The van der Waals surface area contributed by atoms with E-state index in [0.717, 1.165) is 48.1 Å². The van der Waals surface area contributed by atoms with E-state index in [1.165, 1.54) is 0 Å². The molecule has 1 aromatic rings. The van der Waals surface area contributed by atoms with E-state index >= 15 is 0 Å². The lowest BCUT2D eigenvalue weighted by molar-refractivity contribution is -0.122. The van der Waals surface area contributed by atoms with E-state index in [1.54, 1.807) is 7.11 Å². The molecule has 0 saturated carbocycles. The van der Waals surface area contributed by atoms with Gasteiger partial charge in [0.25, 0.3) is 0 Å². The van der Waals surface area contributed by atoms with Crippen molar-refractivity contribution >= 4 is 27.5 Å². The van der Waals surface area contributed by atoms with Gasteiger partial charge >= 0.3 is 0 Å². The molecule has 0 radical (unpaired) electrons.